The summed E-state index contributed by atoms with van der Waals surface area (Å²) in [7, 11) is 0. The smallest absolute Gasteiger partial charge is 0.300 e. The predicted octanol–water partition coefficient (Wildman–Crippen LogP) is 5.07. The van der Waals surface area contributed by atoms with E-state index in [1.165, 1.54) is 4.90 Å². The summed E-state index contributed by atoms with van der Waals surface area (Å²) < 4.78 is 5.45. The van der Waals surface area contributed by atoms with E-state index in [9.17, 15) is 14.7 Å². The number of hydrogen-bond acceptors (Lipinski definition) is 5. The van der Waals surface area contributed by atoms with Gasteiger partial charge in [0.2, 0.25) is 0 Å². The Morgan fingerprint density at radius 2 is 1.78 bits per heavy atom. The van der Waals surface area contributed by atoms with E-state index in [0.29, 0.717) is 34.2 Å². The number of hydrogen-bond donors (Lipinski definition) is 1. The van der Waals surface area contributed by atoms with Crippen LogP contribution in [0.4, 0.5) is 5.69 Å². The molecular weight excluding hydrogens is 428 g/mol. The number of aliphatic hydroxyl groups excluding tert-OH is 1. The van der Waals surface area contributed by atoms with Gasteiger partial charge in [-0.2, -0.15) is 0 Å². The van der Waals surface area contributed by atoms with Crippen LogP contribution in [0, 0.1) is 6.92 Å². The zero-order valence-corrected chi connectivity index (χ0v) is 18.3. The molecule has 2 heterocycles. The lowest BCUT2D eigenvalue weighted by Gasteiger charge is -2.26. The number of carbonyl (C=O) groups is 2. The van der Waals surface area contributed by atoms with E-state index < -0.39 is 17.7 Å². The summed E-state index contributed by atoms with van der Waals surface area (Å²) >= 11 is 6.10. The number of carbonyl (C=O) groups excluding carboxylic acids is 2. The number of aryl methyl sites for hydroxylation is 1. The first kappa shape index (κ1) is 21.6. The molecule has 1 fully saturated rings. The molecule has 4 rings (SSSR count). The van der Waals surface area contributed by atoms with E-state index in [0.717, 1.165) is 5.56 Å². The van der Waals surface area contributed by atoms with Crippen molar-refractivity contribution in [1.82, 2.24) is 4.98 Å². The second kappa shape index (κ2) is 8.85. The Kier molecular flexibility index (Phi) is 5.97. The lowest BCUT2D eigenvalue weighted by molar-refractivity contribution is -0.132. The Bertz CT molecular complexity index is 1210. The number of rotatable bonds is 5. The SMILES string of the molecule is CCOc1ccc(/C(O)=C2\C(=O)C(=O)N(c3ccc(Cl)cc3C)C2c2ccncc2)cc1. The van der Waals surface area contributed by atoms with Crippen LogP contribution in [0.25, 0.3) is 5.76 Å². The van der Waals surface area contributed by atoms with Crippen molar-refractivity contribution in [2.45, 2.75) is 19.9 Å². The van der Waals surface area contributed by atoms with Crippen LogP contribution in [0.1, 0.15) is 29.7 Å². The fourth-order valence-electron chi connectivity index (χ4n) is 3.86. The summed E-state index contributed by atoms with van der Waals surface area (Å²) in [4.78, 5) is 31.8. The molecule has 7 heteroatoms. The van der Waals surface area contributed by atoms with Crippen molar-refractivity contribution in [2.75, 3.05) is 11.5 Å². The van der Waals surface area contributed by atoms with E-state index in [1.807, 2.05) is 13.8 Å². The zero-order valence-electron chi connectivity index (χ0n) is 17.6. The van der Waals surface area contributed by atoms with Crippen molar-refractivity contribution < 1.29 is 19.4 Å². The monoisotopic (exact) mass is 448 g/mol. The van der Waals surface area contributed by atoms with Gasteiger partial charge in [-0.3, -0.25) is 19.5 Å². The Labute approximate surface area is 190 Å². The van der Waals surface area contributed by atoms with Crippen LogP contribution in [-0.4, -0.2) is 28.4 Å². The van der Waals surface area contributed by atoms with Crippen LogP contribution in [0.15, 0.2) is 72.6 Å². The number of aromatic nitrogens is 1. The molecule has 0 aliphatic carbocycles. The molecule has 1 aromatic heterocycles. The van der Waals surface area contributed by atoms with Crippen LogP contribution >= 0.6 is 11.6 Å². The lowest BCUT2D eigenvalue weighted by atomic mass is 9.95. The molecule has 1 saturated heterocycles. The van der Waals surface area contributed by atoms with Gasteiger partial charge in [0.25, 0.3) is 11.7 Å². The van der Waals surface area contributed by atoms with E-state index in [-0.39, 0.29) is 11.3 Å². The Morgan fingerprint density at radius 1 is 1.09 bits per heavy atom. The van der Waals surface area contributed by atoms with Gasteiger partial charge in [-0.25, -0.2) is 0 Å². The van der Waals surface area contributed by atoms with Crippen molar-refractivity contribution in [2.24, 2.45) is 0 Å². The van der Waals surface area contributed by atoms with Gasteiger partial charge in [-0.05, 0) is 79.6 Å². The first-order valence-corrected chi connectivity index (χ1v) is 10.5. The molecule has 1 amide bonds. The quantitative estimate of drug-likeness (QED) is 0.335. The molecule has 0 radical (unpaired) electrons. The van der Waals surface area contributed by atoms with Crippen LogP contribution in [0.5, 0.6) is 5.75 Å². The molecular formula is C25H21ClN2O4. The standard InChI is InChI=1S/C25H21ClN2O4/c1-3-32-19-7-4-17(5-8-19)23(29)21-22(16-10-12-27-13-11-16)28(25(31)24(21)30)20-9-6-18(26)14-15(20)2/h4-14,22,29H,3H2,1-2H3/b23-21+. The third-order valence-corrected chi connectivity index (χ3v) is 5.56. The maximum Gasteiger partial charge on any atom is 0.300 e. The highest BCUT2D eigenvalue weighted by Crippen LogP contribution is 2.43. The van der Waals surface area contributed by atoms with Gasteiger partial charge in [0.1, 0.15) is 11.5 Å². The van der Waals surface area contributed by atoms with Crippen molar-refractivity contribution >= 4 is 34.7 Å². The fourth-order valence-corrected chi connectivity index (χ4v) is 4.09. The van der Waals surface area contributed by atoms with Gasteiger partial charge in [-0.15, -0.1) is 0 Å². The normalized spacial score (nSPS) is 17.6. The number of amides is 1. The molecule has 1 atom stereocenters. The second-order valence-electron chi connectivity index (χ2n) is 7.34. The summed E-state index contributed by atoms with van der Waals surface area (Å²) in [6.45, 7) is 4.21. The molecule has 32 heavy (non-hydrogen) atoms. The number of nitrogens with zero attached hydrogens (tertiary/aromatic N) is 2. The Balaban J connectivity index is 1.90. The van der Waals surface area contributed by atoms with Crippen molar-refractivity contribution in [3.05, 3.63) is 94.3 Å². The van der Waals surface area contributed by atoms with E-state index in [2.05, 4.69) is 4.98 Å². The minimum atomic E-state index is -0.815. The highest BCUT2D eigenvalue weighted by atomic mass is 35.5. The molecule has 1 unspecified atom stereocenters. The average Bonchev–Trinajstić information content (AvgIpc) is 3.05. The molecule has 2 aromatic carbocycles. The summed E-state index contributed by atoms with van der Waals surface area (Å²) in [5.74, 6) is -1.08. The second-order valence-corrected chi connectivity index (χ2v) is 7.77. The number of aliphatic hydroxyl groups is 1. The van der Waals surface area contributed by atoms with E-state index in [4.69, 9.17) is 16.3 Å². The maximum atomic E-state index is 13.2. The molecule has 6 nitrogen and oxygen atoms in total. The van der Waals surface area contributed by atoms with Crippen LogP contribution in [0.3, 0.4) is 0 Å². The number of anilines is 1. The number of Topliss-reactive ketones (excluding diaryl/α,β-unsaturated/α-hetero) is 1. The van der Waals surface area contributed by atoms with E-state index >= 15 is 0 Å². The number of ketones is 1. The highest BCUT2D eigenvalue weighted by Gasteiger charge is 2.47. The summed E-state index contributed by atoms with van der Waals surface area (Å²) in [5, 5.41) is 11.7. The summed E-state index contributed by atoms with van der Waals surface area (Å²) in [5.41, 5.74) is 2.36. The third kappa shape index (κ3) is 3.85. The predicted molar refractivity (Wildman–Crippen MR) is 123 cm³/mol. The largest absolute Gasteiger partial charge is 0.507 e. The molecule has 162 valence electrons. The average molecular weight is 449 g/mol. The molecule has 0 spiro atoms. The molecule has 1 aliphatic heterocycles. The van der Waals surface area contributed by atoms with Gasteiger partial charge in [0.15, 0.2) is 0 Å². The third-order valence-electron chi connectivity index (χ3n) is 5.32. The van der Waals surface area contributed by atoms with Crippen molar-refractivity contribution in [3.63, 3.8) is 0 Å². The zero-order chi connectivity index (χ0) is 22.8. The minimum Gasteiger partial charge on any atom is -0.507 e. The molecule has 0 bridgehead atoms. The first-order chi connectivity index (χ1) is 15.4. The summed E-state index contributed by atoms with van der Waals surface area (Å²) in [6.07, 6.45) is 3.17. The molecule has 1 aliphatic rings. The lowest BCUT2D eigenvalue weighted by Crippen LogP contribution is -2.30. The van der Waals surface area contributed by atoms with Gasteiger partial charge in [-0.1, -0.05) is 11.6 Å². The number of ether oxygens (including phenoxy) is 1. The first-order valence-electron chi connectivity index (χ1n) is 10.1. The summed E-state index contributed by atoms with van der Waals surface area (Å²) in [6, 6.07) is 14.5. The van der Waals surface area contributed by atoms with Crippen LogP contribution in [-0.2, 0) is 9.59 Å². The van der Waals surface area contributed by atoms with Gasteiger partial charge >= 0.3 is 0 Å². The number of pyridine rings is 1. The van der Waals surface area contributed by atoms with Crippen molar-refractivity contribution in [1.29, 1.82) is 0 Å². The van der Waals surface area contributed by atoms with Gasteiger partial charge < -0.3 is 9.84 Å². The molecule has 1 N–H and O–H groups in total. The van der Waals surface area contributed by atoms with Crippen molar-refractivity contribution in [3.8, 4) is 5.75 Å². The van der Waals surface area contributed by atoms with Gasteiger partial charge in [0.05, 0.1) is 18.2 Å². The highest BCUT2D eigenvalue weighted by molar-refractivity contribution is 6.51. The maximum absolute atomic E-state index is 13.2. The Morgan fingerprint density at radius 3 is 2.41 bits per heavy atom. The van der Waals surface area contributed by atoms with E-state index in [1.54, 1.807) is 67.0 Å². The van der Waals surface area contributed by atoms with Crippen LogP contribution < -0.4 is 9.64 Å². The molecule has 0 saturated carbocycles. The van der Waals surface area contributed by atoms with Gasteiger partial charge in [0, 0.05) is 28.7 Å². The fraction of sp³-hybridized carbons (Fsp3) is 0.160. The number of halogens is 1. The Hall–Kier alpha value is -3.64. The number of benzene rings is 2. The van der Waals surface area contributed by atoms with Crippen LogP contribution in [0.2, 0.25) is 5.02 Å². The topological polar surface area (TPSA) is 79.7 Å². The minimum absolute atomic E-state index is 0.0136. The molecule has 3 aromatic rings.